The highest BCUT2D eigenvalue weighted by molar-refractivity contribution is 6.29. The molecule has 0 saturated carbocycles. The number of rotatable bonds is 2. The maximum Gasteiger partial charge on any atom is 0.184 e. The number of hydrogen-bond acceptors (Lipinski definition) is 5. The highest BCUT2D eigenvalue weighted by atomic mass is 35.5. The first kappa shape index (κ1) is 15.0. The van der Waals surface area contributed by atoms with Crippen LogP contribution in [0.1, 0.15) is 21.6 Å². The van der Waals surface area contributed by atoms with Gasteiger partial charge in [0.25, 0.3) is 0 Å². The Morgan fingerprint density at radius 2 is 2.08 bits per heavy atom. The number of aliphatic imine (C=N–C) groups is 1. The number of carbonyl (C=O) groups is 1. The number of nitrogens with zero attached hydrogens (tertiary/aromatic N) is 4. The molecule has 3 heterocycles. The second kappa shape index (κ2) is 5.51. The Balaban J connectivity index is 1.96. The zero-order valence-electron chi connectivity index (χ0n) is 13.0. The van der Waals surface area contributed by atoms with Crippen LogP contribution in [0, 0.1) is 6.92 Å². The van der Waals surface area contributed by atoms with E-state index in [0.29, 0.717) is 22.9 Å². The van der Waals surface area contributed by atoms with E-state index in [9.17, 15) is 4.79 Å². The van der Waals surface area contributed by atoms with Crippen LogP contribution in [0.25, 0.3) is 16.9 Å². The van der Waals surface area contributed by atoms with Crippen LogP contribution in [0.5, 0.6) is 0 Å². The lowest BCUT2D eigenvalue weighted by Crippen LogP contribution is -2.25. The number of aryl methyl sites for hydroxylation is 1. The monoisotopic (exact) mass is 339 g/mol. The van der Waals surface area contributed by atoms with Crippen LogP contribution in [0.4, 0.5) is 0 Å². The van der Waals surface area contributed by atoms with Gasteiger partial charge in [0.1, 0.15) is 11.7 Å². The first-order chi connectivity index (χ1) is 11.6. The van der Waals surface area contributed by atoms with E-state index in [-0.39, 0.29) is 12.3 Å². The molecule has 0 amide bonds. The molecule has 24 heavy (non-hydrogen) atoms. The fraction of sp³-hybridized carbons (Fsp3) is 0.176. The number of aromatic nitrogens is 3. The Hall–Kier alpha value is -2.57. The van der Waals surface area contributed by atoms with Gasteiger partial charge in [0.15, 0.2) is 11.4 Å². The maximum absolute atomic E-state index is 12.1. The molecule has 6 nitrogen and oxygen atoms in total. The lowest BCUT2D eigenvalue weighted by atomic mass is 9.93. The van der Waals surface area contributed by atoms with Gasteiger partial charge in [-0.25, -0.2) is 9.50 Å². The average molecular weight is 340 g/mol. The average Bonchev–Trinajstić information content (AvgIpc) is 2.90. The van der Waals surface area contributed by atoms with Crippen molar-refractivity contribution in [1.29, 1.82) is 0 Å². The summed E-state index contributed by atoms with van der Waals surface area (Å²) in [6.45, 7) is 2.37. The van der Waals surface area contributed by atoms with Crippen molar-refractivity contribution in [2.24, 2.45) is 10.7 Å². The largest absolute Gasteiger partial charge is 0.325 e. The SMILES string of the molecule is Cc1nc2ccc(Cl)nn2c1-c1ccc2c(c1)C(CN)=NCC2=O. The molecule has 1 aliphatic heterocycles. The fourth-order valence-electron chi connectivity index (χ4n) is 3.04. The van der Waals surface area contributed by atoms with E-state index in [0.717, 1.165) is 28.2 Å². The van der Waals surface area contributed by atoms with Gasteiger partial charge in [0.05, 0.1) is 17.1 Å². The first-order valence-corrected chi connectivity index (χ1v) is 7.89. The number of halogens is 1. The lowest BCUT2D eigenvalue weighted by molar-refractivity contribution is 0.1000. The molecule has 2 aromatic heterocycles. The standard InChI is InChI=1S/C17H14ClN5O/c1-9-17(23-16(21-9)5-4-15(18)22-23)10-2-3-11-12(6-10)13(7-19)20-8-14(11)24/h2-6H,7-8,19H2,1H3. The summed E-state index contributed by atoms with van der Waals surface area (Å²) < 4.78 is 1.71. The maximum atomic E-state index is 12.1. The van der Waals surface area contributed by atoms with Crippen molar-refractivity contribution >= 4 is 28.7 Å². The molecule has 0 spiro atoms. The predicted molar refractivity (Wildman–Crippen MR) is 93.0 cm³/mol. The topological polar surface area (TPSA) is 85.6 Å². The van der Waals surface area contributed by atoms with Crippen molar-refractivity contribution in [3.8, 4) is 11.3 Å². The molecule has 2 N–H and O–H groups in total. The molecule has 0 unspecified atom stereocenters. The Labute approximate surface area is 143 Å². The molecule has 0 fully saturated rings. The summed E-state index contributed by atoms with van der Waals surface area (Å²) in [6, 6.07) is 9.17. The molecule has 1 aromatic carbocycles. The molecule has 120 valence electrons. The number of ketones is 1. The first-order valence-electron chi connectivity index (χ1n) is 7.52. The summed E-state index contributed by atoms with van der Waals surface area (Å²) >= 11 is 6.03. The van der Waals surface area contributed by atoms with Crippen LogP contribution in [0.3, 0.4) is 0 Å². The zero-order chi connectivity index (χ0) is 16.8. The molecule has 1 aliphatic rings. The summed E-state index contributed by atoms with van der Waals surface area (Å²) in [5.41, 5.74) is 11.2. The van der Waals surface area contributed by atoms with Crippen molar-refractivity contribution in [2.75, 3.05) is 13.1 Å². The van der Waals surface area contributed by atoms with Crippen molar-refractivity contribution in [3.63, 3.8) is 0 Å². The molecule has 4 rings (SSSR count). The van der Waals surface area contributed by atoms with Crippen molar-refractivity contribution in [1.82, 2.24) is 14.6 Å². The van der Waals surface area contributed by atoms with Gasteiger partial charge >= 0.3 is 0 Å². The van der Waals surface area contributed by atoms with Gasteiger partial charge in [0.2, 0.25) is 0 Å². The smallest absolute Gasteiger partial charge is 0.184 e. The van der Waals surface area contributed by atoms with Crippen LogP contribution >= 0.6 is 11.6 Å². The van der Waals surface area contributed by atoms with Gasteiger partial charge in [-0.05, 0) is 31.2 Å². The van der Waals surface area contributed by atoms with E-state index in [1.54, 1.807) is 10.6 Å². The zero-order valence-corrected chi connectivity index (χ0v) is 13.7. The van der Waals surface area contributed by atoms with Gasteiger partial charge in [0, 0.05) is 23.2 Å². The molecule has 0 atom stereocenters. The predicted octanol–water partition coefficient (Wildman–Crippen LogP) is 2.30. The van der Waals surface area contributed by atoms with Crippen LogP contribution in [-0.2, 0) is 0 Å². The van der Waals surface area contributed by atoms with Crippen LogP contribution < -0.4 is 5.73 Å². The summed E-state index contributed by atoms with van der Waals surface area (Å²) in [5.74, 6) is 0.00443. The Morgan fingerprint density at radius 1 is 1.25 bits per heavy atom. The van der Waals surface area contributed by atoms with E-state index in [1.165, 1.54) is 0 Å². The number of imidazole rings is 1. The second-order valence-corrected chi connectivity index (χ2v) is 6.01. The van der Waals surface area contributed by atoms with E-state index in [4.69, 9.17) is 17.3 Å². The molecule has 0 saturated heterocycles. The Bertz CT molecular complexity index is 1020. The highest BCUT2D eigenvalue weighted by Crippen LogP contribution is 2.28. The molecular formula is C17H14ClN5O. The van der Waals surface area contributed by atoms with Crippen molar-refractivity contribution < 1.29 is 4.79 Å². The third kappa shape index (κ3) is 2.23. The summed E-state index contributed by atoms with van der Waals surface area (Å²) in [4.78, 5) is 20.9. The van der Waals surface area contributed by atoms with Crippen LogP contribution in [0.15, 0.2) is 35.3 Å². The normalized spacial score (nSPS) is 14.0. The number of benzene rings is 1. The van der Waals surface area contributed by atoms with Gasteiger partial charge in [-0.1, -0.05) is 17.7 Å². The van der Waals surface area contributed by atoms with Crippen molar-refractivity contribution in [2.45, 2.75) is 6.92 Å². The quantitative estimate of drug-likeness (QED) is 0.776. The Morgan fingerprint density at radius 3 is 2.88 bits per heavy atom. The van der Waals surface area contributed by atoms with E-state index in [1.807, 2.05) is 31.2 Å². The molecule has 0 bridgehead atoms. The second-order valence-electron chi connectivity index (χ2n) is 5.62. The molecule has 0 aliphatic carbocycles. The van der Waals surface area contributed by atoms with E-state index < -0.39 is 0 Å². The van der Waals surface area contributed by atoms with Gasteiger partial charge in [-0.15, -0.1) is 0 Å². The molecule has 7 heteroatoms. The van der Waals surface area contributed by atoms with Gasteiger partial charge in [-0.2, -0.15) is 5.10 Å². The molecule has 0 radical (unpaired) electrons. The number of Topliss-reactive ketones (excluding diaryl/α,β-unsaturated/α-hetero) is 1. The fourth-order valence-corrected chi connectivity index (χ4v) is 3.18. The minimum atomic E-state index is 0.00443. The van der Waals surface area contributed by atoms with Crippen LogP contribution in [0.2, 0.25) is 5.15 Å². The van der Waals surface area contributed by atoms with Crippen LogP contribution in [-0.4, -0.2) is 39.2 Å². The van der Waals surface area contributed by atoms with Crippen molar-refractivity contribution in [3.05, 3.63) is 52.3 Å². The van der Waals surface area contributed by atoms with E-state index >= 15 is 0 Å². The third-order valence-corrected chi connectivity index (χ3v) is 4.33. The summed E-state index contributed by atoms with van der Waals surface area (Å²) in [5, 5.41) is 4.72. The third-order valence-electron chi connectivity index (χ3n) is 4.13. The number of nitrogens with two attached hydrogens (primary N) is 1. The Kier molecular flexibility index (Phi) is 3.44. The molecule has 3 aromatic rings. The highest BCUT2D eigenvalue weighted by Gasteiger charge is 2.22. The van der Waals surface area contributed by atoms with Gasteiger partial charge < -0.3 is 5.73 Å². The van der Waals surface area contributed by atoms with Gasteiger partial charge in [-0.3, -0.25) is 9.79 Å². The number of carbonyl (C=O) groups excluding carboxylic acids is 1. The minimum Gasteiger partial charge on any atom is -0.325 e. The summed E-state index contributed by atoms with van der Waals surface area (Å²) in [7, 11) is 0. The number of hydrogen-bond donors (Lipinski definition) is 1. The summed E-state index contributed by atoms with van der Waals surface area (Å²) in [6.07, 6.45) is 0. The number of fused-ring (bicyclic) bond motifs is 2. The lowest BCUT2D eigenvalue weighted by Gasteiger charge is -2.16. The minimum absolute atomic E-state index is 0.00443. The van der Waals surface area contributed by atoms with E-state index in [2.05, 4.69) is 15.1 Å². The molecular weight excluding hydrogens is 326 g/mol.